The second kappa shape index (κ2) is 7.91. The third-order valence-electron chi connectivity index (χ3n) is 5.09. The van der Waals surface area contributed by atoms with Gasteiger partial charge in [-0.2, -0.15) is 0 Å². The van der Waals surface area contributed by atoms with Crippen molar-refractivity contribution in [1.82, 2.24) is 5.32 Å². The molecule has 0 radical (unpaired) electrons. The lowest BCUT2D eigenvalue weighted by atomic mass is 9.99. The quantitative estimate of drug-likeness (QED) is 0.725. The van der Waals surface area contributed by atoms with Crippen LogP contribution in [0.3, 0.4) is 0 Å². The van der Waals surface area contributed by atoms with Gasteiger partial charge in [-0.1, -0.05) is 50.2 Å². The summed E-state index contributed by atoms with van der Waals surface area (Å²) in [5.74, 6) is -0.556. The maximum absolute atomic E-state index is 13.7. The predicted octanol–water partition coefficient (Wildman–Crippen LogP) is 4.03. The number of nitrogens with one attached hydrogen (secondary N) is 2. The van der Waals surface area contributed by atoms with Crippen molar-refractivity contribution in [1.29, 1.82) is 0 Å². The monoisotopic (exact) mass is 368 g/mol. The first kappa shape index (κ1) is 19.1. The Kier molecular flexibility index (Phi) is 5.59. The molecule has 5 heteroatoms. The zero-order valence-electron chi connectivity index (χ0n) is 15.7. The summed E-state index contributed by atoms with van der Waals surface area (Å²) in [7, 11) is 0. The maximum Gasteiger partial charge on any atom is 0.240 e. The van der Waals surface area contributed by atoms with Gasteiger partial charge in [-0.15, -0.1) is 0 Å². The van der Waals surface area contributed by atoms with Crippen LogP contribution in [0, 0.1) is 11.2 Å². The lowest BCUT2D eigenvalue weighted by Crippen LogP contribution is -2.40. The van der Waals surface area contributed by atoms with Crippen molar-refractivity contribution < 1.29 is 14.0 Å². The van der Waals surface area contributed by atoms with Crippen molar-refractivity contribution in [2.75, 3.05) is 11.9 Å². The van der Waals surface area contributed by atoms with Crippen LogP contribution in [0.25, 0.3) is 0 Å². The highest BCUT2D eigenvalue weighted by Gasteiger charge is 2.56. The van der Waals surface area contributed by atoms with Crippen LogP contribution in [0.4, 0.5) is 10.1 Å². The molecule has 4 nitrogen and oxygen atoms in total. The number of carbonyl (C=O) groups is 2. The van der Waals surface area contributed by atoms with E-state index >= 15 is 0 Å². The summed E-state index contributed by atoms with van der Waals surface area (Å²) < 4.78 is 13.7. The zero-order chi connectivity index (χ0) is 19.4. The molecule has 1 aliphatic carbocycles. The van der Waals surface area contributed by atoms with Gasteiger partial charge >= 0.3 is 0 Å². The first-order valence-corrected chi connectivity index (χ1v) is 9.36. The van der Waals surface area contributed by atoms with E-state index in [-0.39, 0.29) is 23.5 Å². The van der Waals surface area contributed by atoms with Crippen molar-refractivity contribution in [2.24, 2.45) is 5.41 Å². The molecule has 1 saturated carbocycles. The molecule has 142 valence electrons. The molecule has 2 N–H and O–H groups in total. The van der Waals surface area contributed by atoms with E-state index in [1.807, 2.05) is 24.3 Å². The normalized spacial score (nSPS) is 14.7. The molecule has 27 heavy (non-hydrogen) atoms. The fourth-order valence-corrected chi connectivity index (χ4v) is 3.22. The minimum absolute atomic E-state index is 0.265. The van der Waals surface area contributed by atoms with Crippen molar-refractivity contribution in [2.45, 2.75) is 39.0 Å². The largest absolute Gasteiger partial charge is 0.355 e. The Morgan fingerprint density at radius 1 is 1.04 bits per heavy atom. The van der Waals surface area contributed by atoms with E-state index in [1.165, 1.54) is 6.07 Å². The predicted molar refractivity (Wildman–Crippen MR) is 104 cm³/mol. The standard InChI is InChI=1S/C22H25FN2O2/c1-15(2)17-8-4-6-10-19(17)25-21(27)22(12-13-22)20(26)24-14-11-16-7-3-5-9-18(16)23/h3-10,15H,11-14H2,1-2H3,(H,24,26)(H,25,27). The van der Waals surface area contributed by atoms with Crippen molar-refractivity contribution in [3.05, 3.63) is 65.5 Å². The summed E-state index contributed by atoms with van der Waals surface area (Å²) in [5.41, 5.74) is 1.35. The number of carbonyl (C=O) groups excluding carboxylic acids is 2. The Bertz CT molecular complexity index is 844. The molecule has 0 bridgehead atoms. The van der Waals surface area contributed by atoms with E-state index in [1.54, 1.807) is 18.2 Å². The van der Waals surface area contributed by atoms with Crippen molar-refractivity contribution in [3.8, 4) is 0 Å². The Morgan fingerprint density at radius 2 is 1.70 bits per heavy atom. The summed E-state index contributed by atoms with van der Waals surface area (Å²) in [6, 6.07) is 14.2. The highest BCUT2D eigenvalue weighted by Crippen LogP contribution is 2.47. The van der Waals surface area contributed by atoms with Gasteiger partial charge in [-0.3, -0.25) is 9.59 Å². The molecule has 2 aromatic rings. The summed E-state index contributed by atoms with van der Waals surface area (Å²) in [6.45, 7) is 4.43. The van der Waals surface area contributed by atoms with E-state index in [4.69, 9.17) is 0 Å². The minimum Gasteiger partial charge on any atom is -0.355 e. The SMILES string of the molecule is CC(C)c1ccccc1NC(=O)C1(C(=O)NCCc2ccccc2F)CC1. The van der Waals surface area contributed by atoms with E-state index in [2.05, 4.69) is 24.5 Å². The molecule has 2 amide bonds. The third kappa shape index (κ3) is 4.18. The van der Waals surface area contributed by atoms with Crippen molar-refractivity contribution in [3.63, 3.8) is 0 Å². The fraction of sp³-hybridized carbons (Fsp3) is 0.364. The van der Waals surface area contributed by atoms with Gasteiger partial charge in [-0.05, 0) is 48.4 Å². The minimum atomic E-state index is -1.00. The highest BCUT2D eigenvalue weighted by atomic mass is 19.1. The first-order valence-electron chi connectivity index (χ1n) is 9.36. The number of anilines is 1. The summed E-state index contributed by atoms with van der Waals surface area (Å²) in [5, 5.41) is 5.73. The molecule has 0 aromatic heterocycles. The van der Waals surface area contributed by atoms with Crippen LogP contribution >= 0.6 is 0 Å². The number of amides is 2. The fourth-order valence-electron chi connectivity index (χ4n) is 3.22. The number of rotatable bonds is 7. The average molecular weight is 368 g/mol. The molecule has 0 unspecified atom stereocenters. The van der Waals surface area contributed by atoms with Gasteiger partial charge in [0, 0.05) is 12.2 Å². The molecular weight excluding hydrogens is 343 g/mol. The van der Waals surface area contributed by atoms with Crippen molar-refractivity contribution >= 4 is 17.5 Å². The van der Waals surface area contributed by atoms with Crippen LogP contribution in [-0.4, -0.2) is 18.4 Å². The van der Waals surface area contributed by atoms with Crippen LogP contribution in [0.5, 0.6) is 0 Å². The van der Waals surface area contributed by atoms with Crippen LogP contribution in [0.2, 0.25) is 0 Å². The molecule has 0 spiro atoms. The second-order valence-corrected chi connectivity index (χ2v) is 7.38. The Labute approximate surface area is 159 Å². The topological polar surface area (TPSA) is 58.2 Å². The lowest BCUT2D eigenvalue weighted by Gasteiger charge is -2.18. The molecule has 0 heterocycles. The van der Waals surface area contributed by atoms with Gasteiger partial charge in [0.1, 0.15) is 11.2 Å². The van der Waals surface area contributed by atoms with Crippen LogP contribution < -0.4 is 10.6 Å². The van der Waals surface area contributed by atoms with Crippen LogP contribution in [0.1, 0.15) is 43.7 Å². The maximum atomic E-state index is 13.7. The van der Waals surface area contributed by atoms with Gasteiger partial charge < -0.3 is 10.6 Å². The molecule has 1 fully saturated rings. The molecule has 0 aliphatic heterocycles. The van der Waals surface area contributed by atoms with E-state index in [0.29, 0.717) is 31.4 Å². The molecular formula is C22H25FN2O2. The summed E-state index contributed by atoms with van der Waals surface area (Å²) in [4.78, 5) is 25.4. The van der Waals surface area contributed by atoms with E-state index in [0.717, 1.165) is 11.3 Å². The van der Waals surface area contributed by atoms with Gasteiger partial charge in [0.15, 0.2) is 0 Å². The third-order valence-corrected chi connectivity index (χ3v) is 5.09. The number of halogens is 1. The zero-order valence-corrected chi connectivity index (χ0v) is 15.7. The summed E-state index contributed by atoms with van der Waals surface area (Å²) >= 11 is 0. The number of para-hydroxylation sites is 1. The number of hydrogen-bond donors (Lipinski definition) is 2. The Morgan fingerprint density at radius 3 is 2.37 bits per heavy atom. The molecule has 2 aromatic carbocycles. The van der Waals surface area contributed by atoms with Gasteiger partial charge in [0.25, 0.3) is 0 Å². The van der Waals surface area contributed by atoms with Gasteiger partial charge in [0.2, 0.25) is 11.8 Å². The average Bonchev–Trinajstić information content (AvgIpc) is 3.45. The Hall–Kier alpha value is -2.69. The van der Waals surface area contributed by atoms with E-state index < -0.39 is 5.41 Å². The lowest BCUT2D eigenvalue weighted by molar-refractivity contribution is -0.134. The second-order valence-electron chi connectivity index (χ2n) is 7.38. The molecule has 1 aliphatic rings. The number of hydrogen-bond acceptors (Lipinski definition) is 2. The van der Waals surface area contributed by atoms with Gasteiger partial charge in [0.05, 0.1) is 0 Å². The number of benzene rings is 2. The van der Waals surface area contributed by atoms with Gasteiger partial charge in [-0.25, -0.2) is 4.39 Å². The molecule has 3 rings (SSSR count). The Balaban J connectivity index is 1.60. The highest BCUT2D eigenvalue weighted by molar-refractivity contribution is 6.13. The van der Waals surface area contributed by atoms with Crippen LogP contribution in [-0.2, 0) is 16.0 Å². The molecule has 0 atom stereocenters. The van der Waals surface area contributed by atoms with Crippen LogP contribution in [0.15, 0.2) is 48.5 Å². The smallest absolute Gasteiger partial charge is 0.240 e. The summed E-state index contributed by atoms with van der Waals surface area (Å²) in [6.07, 6.45) is 1.47. The molecule has 0 saturated heterocycles. The first-order chi connectivity index (χ1) is 12.9. The van der Waals surface area contributed by atoms with E-state index in [9.17, 15) is 14.0 Å².